The van der Waals surface area contributed by atoms with Crippen molar-refractivity contribution < 1.29 is 14.3 Å². The summed E-state index contributed by atoms with van der Waals surface area (Å²) in [6.45, 7) is 1.75. The lowest BCUT2D eigenvalue weighted by atomic mass is 9.69. The van der Waals surface area contributed by atoms with Crippen LogP contribution in [0.5, 0.6) is 0 Å². The lowest BCUT2D eigenvalue weighted by molar-refractivity contribution is 0.0717. The molecular formula is C23H25NO3. The van der Waals surface area contributed by atoms with Gasteiger partial charge in [-0.25, -0.2) is 4.79 Å². The van der Waals surface area contributed by atoms with Crippen LogP contribution >= 0.6 is 0 Å². The van der Waals surface area contributed by atoms with Crippen molar-refractivity contribution >= 4 is 11.9 Å². The summed E-state index contributed by atoms with van der Waals surface area (Å²) < 4.78 is 11.2. The van der Waals surface area contributed by atoms with Crippen LogP contribution in [0.4, 0.5) is 4.79 Å². The molecule has 1 saturated heterocycles. The average Bonchev–Trinajstić information content (AvgIpc) is 2.72. The van der Waals surface area contributed by atoms with Crippen LogP contribution in [0, 0.1) is 5.41 Å². The highest BCUT2D eigenvalue weighted by molar-refractivity contribution is 5.69. The molecule has 4 nitrogen and oxygen atoms in total. The van der Waals surface area contributed by atoms with Gasteiger partial charge in [-0.1, -0.05) is 54.6 Å². The Kier molecular flexibility index (Phi) is 4.88. The van der Waals surface area contributed by atoms with Crippen molar-refractivity contribution in [1.82, 2.24) is 4.90 Å². The summed E-state index contributed by atoms with van der Waals surface area (Å²) in [4.78, 5) is 14.3. The first-order valence-corrected chi connectivity index (χ1v) is 9.50. The van der Waals surface area contributed by atoms with Crippen molar-refractivity contribution in [3.8, 4) is 0 Å². The van der Waals surface area contributed by atoms with E-state index in [0.717, 1.165) is 30.6 Å². The van der Waals surface area contributed by atoms with Gasteiger partial charge in [0, 0.05) is 18.7 Å². The SMILES string of the molecule is COC1=CC2(CCN(C(=O)OCc3ccccc3)CC2)Cc2ccccc21. The number of fused-ring (bicyclic) bond motifs is 1. The molecule has 0 radical (unpaired) electrons. The molecular weight excluding hydrogens is 338 g/mol. The van der Waals surface area contributed by atoms with E-state index in [-0.39, 0.29) is 11.5 Å². The fourth-order valence-corrected chi connectivity index (χ4v) is 4.14. The smallest absolute Gasteiger partial charge is 0.410 e. The molecule has 0 bridgehead atoms. The van der Waals surface area contributed by atoms with Crippen molar-refractivity contribution in [3.05, 3.63) is 77.4 Å². The zero-order valence-electron chi connectivity index (χ0n) is 15.7. The van der Waals surface area contributed by atoms with Crippen molar-refractivity contribution in [3.63, 3.8) is 0 Å². The minimum Gasteiger partial charge on any atom is -0.496 e. The molecule has 4 heteroatoms. The van der Waals surface area contributed by atoms with Crippen LogP contribution in [0.1, 0.15) is 29.5 Å². The van der Waals surface area contributed by atoms with Gasteiger partial charge in [0.2, 0.25) is 0 Å². The van der Waals surface area contributed by atoms with Crippen molar-refractivity contribution in [1.29, 1.82) is 0 Å². The lowest BCUT2D eigenvalue weighted by Gasteiger charge is -2.42. The normalized spacial score (nSPS) is 17.8. The number of carbonyl (C=O) groups is 1. The van der Waals surface area contributed by atoms with Gasteiger partial charge >= 0.3 is 6.09 Å². The molecule has 1 fully saturated rings. The fraction of sp³-hybridized carbons (Fsp3) is 0.348. The molecule has 0 atom stereocenters. The Morgan fingerprint density at radius 1 is 1.04 bits per heavy atom. The van der Waals surface area contributed by atoms with Gasteiger partial charge in [0.1, 0.15) is 12.4 Å². The Morgan fingerprint density at radius 3 is 2.48 bits per heavy atom. The summed E-state index contributed by atoms with van der Waals surface area (Å²) in [7, 11) is 1.73. The van der Waals surface area contributed by atoms with Gasteiger partial charge in [-0.15, -0.1) is 0 Å². The molecule has 0 aromatic heterocycles. The number of likely N-dealkylation sites (tertiary alicyclic amines) is 1. The number of hydrogen-bond acceptors (Lipinski definition) is 3. The fourth-order valence-electron chi connectivity index (χ4n) is 4.14. The highest BCUT2D eigenvalue weighted by Gasteiger charge is 2.38. The van der Waals surface area contributed by atoms with Gasteiger partial charge in [-0.3, -0.25) is 0 Å². The predicted octanol–water partition coefficient (Wildman–Crippen LogP) is 4.65. The average molecular weight is 363 g/mol. The van der Waals surface area contributed by atoms with Crippen LogP contribution in [-0.4, -0.2) is 31.2 Å². The van der Waals surface area contributed by atoms with Crippen molar-refractivity contribution in [2.24, 2.45) is 5.41 Å². The number of allylic oxidation sites excluding steroid dienone is 1. The zero-order valence-corrected chi connectivity index (χ0v) is 15.7. The Balaban J connectivity index is 1.39. The molecule has 1 aliphatic carbocycles. The summed E-state index contributed by atoms with van der Waals surface area (Å²) >= 11 is 0. The molecule has 2 aromatic carbocycles. The largest absolute Gasteiger partial charge is 0.496 e. The summed E-state index contributed by atoms with van der Waals surface area (Å²) in [5, 5.41) is 0. The minimum absolute atomic E-state index is 0.0654. The van der Waals surface area contributed by atoms with Gasteiger partial charge < -0.3 is 14.4 Å². The molecule has 140 valence electrons. The summed E-state index contributed by atoms with van der Waals surface area (Å²) in [5.74, 6) is 0.956. The van der Waals surface area contributed by atoms with Gasteiger partial charge in [-0.2, -0.15) is 0 Å². The number of hydrogen-bond donors (Lipinski definition) is 0. The van der Waals surface area contributed by atoms with Crippen LogP contribution in [0.3, 0.4) is 0 Å². The van der Waals surface area contributed by atoms with E-state index in [1.54, 1.807) is 7.11 Å². The summed E-state index contributed by atoms with van der Waals surface area (Å²) in [6.07, 6.45) is 4.91. The molecule has 27 heavy (non-hydrogen) atoms. The Bertz CT molecular complexity index is 836. The van der Waals surface area contributed by atoms with E-state index in [1.807, 2.05) is 35.2 Å². The molecule has 1 spiro atoms. The van der Waals surface area contributed by atoms with Crippen LogP contribution < -0.4 is 0 Å². The summed E-state index contributed by atoms with van der Waals surface area (Å²) in [5.41, 5.74) is 3.60. The second-order valence-electron chi connectivity index (χ2n) is 7.44. The number of nitrogens with zero attached hydrogens (tertiary/aromatic N) is 1. The van der Waals surface area contributed by atoms with E-state index in [1.165, 1.54) is 11.1 Å². The van der Waals surface area contributed by atoms with Gasteiger partial charge in [0.15, 0.2) is 0 Å². The summed E-state index contributed by atoms with van der Waals surface area (Å²) in [6, 6.07) is 18.2. The van der Waals surface area contributed by atoms with E-state index in [4.69, 9.17) is 9.47 Å². The van der Waals surface area contributed by atoms with Crippen LogP contribution in [0.15, 0.2) is 60.7 Å². The number of carbonyl (C=O) groups excluding carboxylic acids is 1. The van der Waals surface area contributed by atoms with Crippen molar-refractivity contribution in [2.75, 3.05) is 20.2 Å². The number of piperidine rings is 1. The van der Waals surface area contributed by atoms with Crippen molar-refractivity contribution in [2.45, 2.75) is 25.9 Å². The second kappa shape index (κ2) is 7.47. The van der Waals surface area contributed by atoms with Crippen LogP contribution in [0.2, 0.25) is 0 Å². The van der Waals surface area contributed by atoms with E-state index < -0.39 is 0 Å². The van der Waals surface area contributed by atoms with Crippen LogP contribution in [0.25, 0.3) is 5.76 Å². The molecule has 1 aliphatic heterocycles. The topological polar surface area (TPSA) is 38.8 Å². The molecule has 0 saturated carbocycles. The monoisotopic (exact) mass is 363 g/mol. The Hall–Kier alpha value is -2.75. The third-order valence-corrected chi connectivity index (χ3v) is 5.71. The maximum absolute atomic E-state index is 12.4. The van der Waals surface area contributed by atoms with E-state index in [9.17, 15) is 4.79 Å². The molecule has 0 N–H and O–H groups in total. The first-order valence-electron chi connectivity index (χ1n) is 9.50. The molecule has 4 rings (SSSR count). The third kappa shape index (κ3) is 3.70. The van der Waals surface area contributed by atoms with Gasteiger partial charge in [0.05, 0.1) is 7.11 Å². The molecule has 1 heterocycles. The highest BCUT2D eigenvalue weighted by atomic mass is 16.6. The zero-order chi connectivity index (χ0) is 18.7. The predicted molar refractivity (Wildman–Crippen MR) is 105 cm³/mol. The standard InChI is InChI=1S/C23H25NO3/c1-26-21-16-23(15-19-9-5-6-10-20(19)21)11-13-24(14-12-23)22(25)27-17-18-7-3-2-4-8-18/h2-10,16H,11-15,17H2,1H3. The third-order valence-electron chi connectivity index (χ3n) is 5.71. The number of rotatable bonds is 3. The van der Waals surface area contributed by atoms with Gasteiger partial charge in [0.25, 0.3) is 0 Å². The number of benzene rings is 2. The first kappa shape index (κ1) is 17.7. The second-order valence-corrected chi connectivity index (χ2v) is 7.44. The Labute approximate surface area is 160 Å². The van der Waals surface area contributed by atoms with E-state index in [0.29, 0.717) is 19.7 Å². The van der Waals surface area contributed by atoms with E-state index in [2.05, 4.69) is 30.3 Å². The quantitative estimate of drug-likeness (QED) is 0.797. The van der Waals surface area contributed by atoms with Crippen LogP contribution in [-0.2, 0) is 22.5 Å². The number of ether oxygens (including phenoxy) is 2. The molecule has 1 amide bonds. The molecule has 0 unspecified atom stereocenters. The van der Waals surface area contributed by atoms with Gasteiger partial charge in [-0.05, 0) is 41.9 Å². The van der Waals surface area contributed by atoms with E-state index >= 15 is 0 Å². The Morgan fingerprint density at radius 2 is 1.74 bits per heavy atom. The molecule has 2 aromatic rings. The first-order chi connectivity index (χ1) is 13.2. The maximum Gasteiger partial charge on any atom is 0.410 e. The minimum atomic E-state index is -0.221. The number of methoxy groups -OCH3 is 1. The highest BCUT2D eigenvalue weighted by Crippen LogP contribution is 2.44. The molecule has 2 aliphatic rings. The lowest BCUT2D eigenvalue weighted by Crippen LogP contribution is -2.44. The number of amides is 1. The maximum atomic E-state index is 12.4.